The van der Waals surface area contributed by atoms with E-state index < -0.39 is 0 Å². The van der Waals surface area contributed by atoms with Gasteiger partial charge in [0.2, 0.25) is 0 Å². The van der Waals surface area contributed by atoms with Crippen molar-refractivity contribution in [1.82, 2.24) is 5.32 Å². The monoisotopic (exact) mass is 217 g/mol. The smallest absolute Gasteiger partial charge is 0.309 e. The second-order valence-corrected chi connectivity index (χ2v) is 3.78. The highest BCUT2D eigenvalue weighted by Gasteiger charge is 2.12. The van der Waals surface area contributed by atoms with Gasteiger partial charge in [0.25, 0.3) is 0 Å². The van der Waals surface area contributed by atoms with Crippen LogP contribution in [-0.2, 0) is 14.3 Å². The Bertz CT molecular complexity index is 171. The van der Waals surface area contributed by atoms with Crippen molar-refractivity contribution in [2.75, 3.05) is 26.3 Å². The molecular formula is C11H23NO3. The van der Waals surface area contributed by atoms with Gasteiger partial charge in [0.1, 0.15) is 0 Å². The summed E-state index contributed by atoms with van der Waals surface area (Å²) in [5, 5.41) is 3.15. The third kappa shape index (κ3) is 8.39. The highest BCUT2D eigenvalue weighted by Crippen LogP contribution is 1.96. The van der Waals surface area contributed by atoms with Crippen molar-refractivity contribution in [3.63, 3.8) is 0 Å². The van der Waals surface area contributed by atoms with Gasteiger partial charge in [0.15, 0.2) is 0 Å². The van der Waals surface area contributed by atoms with Gasteiger partial charge in [-0.2, -0.15) is 0 Å². The molecule has 0 radical (unpaired) electrons. The summed E-state index contributed by atoms with van der Waals surface area (Å²) in [6.45, 7) is 10.2. The molecule has 0 saturated carbocycles. The second kappa shape index (κ2) is 8.68. The lowest BCUT2D eigenvalue weighted by Gasteiger charge is -2.12. The Kier molecular flexibility index (Phi) is 8.33. The Morgan fingerprint density at radius 1 is 1.33 bits per heavy atom. The van der Waals surface area contributed by atoms with E-state index in [2.05, 4.69) is 5.32 Å². The quantitative estimate of drug-likeness (QED) is 0.490. The van der Waals surface area contributed by atoms with Crippen LogP contribution in [0.15, 0.2) is 0 Å². The van der Waals surface area contributed by atoms with Crippen LogP contribution in [0.4, 0.5) is 0 Å². The van der Waals surface area contributed by atoms with Crippen LogP contribution in [0.1, 0.15) is 27.7 Å². The van der Waals surface area contributed by atoms with E-state index in [4.69, 9.17) is 9.47 Å². The zero-order valence-electron chi connectivity index (χ0n) is 10.2. The zero-order chi connectivity index (χ0) is 11.7. The maximum Gasteiger partial charge on any atom is 0.309 e. The first-order valence-electron chi connectivity index (χ1n) is 5.56. The molecule has 1 atom stereocenters. The third-order valence-electron chi connectivity index (χ3n) is 1.87. The van der Waals surface area contributed by atoms with Gasteiger partial charge in [-0.25, -0.2) is 0 Å². The van der Waals surface area contributed by atoms with Crippen molar-refractivity contribution < 1.29 is 14.3 Å². The summed E-state index contributed by atoms with van der Waals surface area (Å²) >= 11 is 0. The number of hydrogen-bond donors (Lipinski definition) is 1. The Morgan fingerprint density at radius 2 is 2.00 bits per heavy atom. The number of hydrogen-bond acceptors (Lipinski definition) is 4. The molecule has 0 aromatic heterocycles. The largest absolute Gasteiger partial charge is 0.466 e. The van der Waals surface area contributed by atoms with E-state index in [1.807, 2.05) is 27.7 Å². The summed E-state index contributed by atoms with van der Waals surface area (Å²) < 4.78 is 10.2. The van der Waals surface area contributed by atoms with Gasteiger partial charge in [-0.1, -0.05) is 6.92 Å². The Hall–Kier alpha value is -0.610. The fourth-order valence-electron chi connectivity index (χ4n) is 1.05. The minimum absolute atomic E-state index is 0.0935. The van der Waals surface area contributed by atoms with Crippen LogP contribution in [0.25, 0.3) is 0 Å². The van der Waals surface area contributed by atoms with Crippen molar-refractivity contribution in [3.8, 4) is 0 Å². The molecule has 0 aromatic rings. The highest BCUT2D eigenvalue weighted by atomic mass is 16.5. The van der Waals surface area contributed by atoms with E-state index in [-0.39, 0.29) is 18.0 Å². The fraction of sp³-hybridized carbons (Fsp3) is 0.909. The van der Waals surface area contributed by atoms with Crippen molar-refractivity contribution in [3.05, 3.63) is 0 Å². The Balaban J connectivity index is 3.38. The van der Waals surface area contributed by atoms with E-state index >= 15 is 0 Å². The van der Waals surface area contributed by atoms with Crippen LogP contribution in [0.3, 0.4) is 0 Å². The average molecular weight is 217 g/mol. The predicted molar refractivity (Wildman–Crippen MR) is 59.8 cm³/mol. The molecule has 0 aliphatic heterocycles. The molecule has 15 heavy (non-hydrogen) atoms. The summed E-state index contributed by atoms with van der Waals surface area (Å²) in [5.74, 6) is -0.237. The summed E-state index contributed by atoms with van der Waals surface area (Å²) in [5.41, 5.74) is 0. The van der Waals surface area contributed by atoms with Gasteiger partial charge < -0.3 is 14.8 Å². The van der Waals surface area contributed by atoms with E-state index in [1.165, 1.54) is 0 Å². The molecule has 0 fully saturated rings. The van der Waals surface area contributed by atoms with E-state index in [9.17, 15) is 4.79 Å². The topological polar surface area (TPSA) is 47.6 Å². The van der Waals surface area contributed by atoms with Gasteiger partial charge in [-0.15, -0.1) is 0 Å². The Morgan fingerprint density at radius 3 is 2.53 bits per heavy atom. The molecule has 0 amide bonds. The molecule has 0 aliphatic rings. The summed E-state index contributed by atoms with van der Waals surface area (Å²) in [6.07, 6.45) is 0.259. The number of nitrogens with one attached hydrogen (secondary N) is 1. The van der Waals surface area contributed by atoms with Gasteiger partial charge in [-0.3, -0.25) is 4.79 Å². The number of carbonyl (C=O) groups excluding carboxylic acids is 1. The molecule has 4 nitrogen and oxygen atoms in total. The highest BCUT2D eigenvalue weighted by molar-refractivity contribution is 5.72. The molecular weight excluding hydrogens is 194 g/mol. The molecule has 90 valence electrons. The number of rotatable bonds is 8. The first-order valence-corrected chi connectivity index (χ1v) is 5.56. The van der Waals surface area contributed by atoms with Gasteiger partial charge in [0.05, 0.1) is 25.2 Å². The van der Waals surface area contributed by atoms with Crippen LogP contribution in [0.2, 0.25) is 0 Å². The molecule has 0 rings (SSSR count). The van der Waals surface area contributed by atoms with E-state index in [0.29, 0.717) is 19.8 Å². The summed E-state index contributed by atoms with van der Waals surface area (Å²) in [6, 6.07) is 0. The minimum atomic E-state index is -0.144. The standard InChI is InChI=1S/C11H23NO3/c1-5-14-11(13)10(4)8-12-6-7-15-9(2)3/h9-10,12H,5-8H2,1-4H3. The second-order valence-electron chi connectivity index (χ2n) is 3.78. The fourth-order valence-corrected chi connectivity index (χ4v) is 1.05. The molecule has 0 heterocycles. The van der Waals surface area contributed by atoms with E-state index in [0.717, 1.165) is 6.54 Å². The lowest BCUT2D eigenvalue weighted by Crippen LogP contribution is -2.30. The molecule has 0 spiro atoms. The maximum atomic E-state index is 11.2. The first-order chi connectivity index (χ1) is 7.07. The minimum Gasteiger partial charge on any atom is -0.466 e. The molecule has 4 heteroatoms. The van der Waals surface area contributed by atoms with Crippen LogP contribution in [-0.4, -0.2) is 38.4 Å². The number of carbonyl (C=O) groups is 1. The third-order valence-corrected chi connectivity index (χ3v) is 1.87. The van der Waals surface area contributed by atoms with Gasteiger partial charge >= 0.3 is 5.97 Å². The summed E-state index contributed by atoms with van der Waals surface area (Å²) in [4.78, 5) is 11.2. The number of esters is 1. The molecule has 1 unspecified atom stereocenters. The van der Waals surface area contributed by atoms with Crippen molar-refractivity contribution in [2.24, 2.45) is 5.92 Å². The molecule has 0 aliphatic carbocycles. The van der Waals surface area contributed by atoms with Crippen molar-refractivity contribution in [2.45, 2.75) is 33.8 Å². The van der Waals surface area contributed by atoms with Crippen LogP contribution in [0.5, 0.6) is 0 Å². The first kappa shape index (κ1) is 14.4. The van der Waals surface area contributed by atoms with Crippen molar-refractivity contribution in [1.29, 1.82) is 0 Å². The normalized spacial score (nSPS) is 12.9. The van der Waals surface area contributed by atoms with Gasteiger partial charge in [-0.05, 0) is 20.8 Å². The average Bonchev–Trinajstić information content (AvgIpc) is 2.16. The van der Waals surface area contributed by atoms with Crippen LogP contribution < -0.4 is 5.32 Å². The van der Waals surface area contributed by atoms with Crippen LogP contribution >= 0.6 is 0 Å². The summed E-state index contributed by atoms with van der Waals surface area (Å²) in [7, 11) is 0. The molecule has 0 aromatic carbocycles. The predicted octanol–water partition coefficient (Wildman–Crippen LogP) is 1.20. The zero-order valence-corrected chi connectivity index (χ0v) is 10.2. The molecule has 0 bridgehead atoms. The molecule has 1 N–H and O–H groups in total. The van der Waals surface area contributed by atoms with Crippen LogP contribution in [0, 0.1) is 5.92 Å². The lowest BCUT2D eigenvalue weighted by atomic mass is 10.2. The lowest BCUT2D eigenvalue weighted by molar-refractivity contribution is -0.147. The number of ether oxygens (including phenoxy) is 2. The SMILES string of the molecule is CCOC(=O)C(C)CNCCOC(C)C. The Labute approximate surface area is 92.3 Å². The van der Waals surface area contributed by atoms with Crippen molar-refractivity contribution >= 4 is 5.97 Å². The van der Waals surface area contributed by atoms with Gasteiger partial charge in [0, 0.05) is 13.1 Å². The maximum absolute atomic E-state index is 11.2. The van der Waals surface area contributed by atoms with E-state index in [1.54, 1.807) is 0 Å². The molecule has 0 saturated heterocycles.